The molecule has 128 valence electrons. The summed E-state index contributed by atoms with van der Waals surface area (Å²) in [6.45, 7) is 2.97. The number of fused-ring (bicyclic) bond motifs is 1. The molecule has 1 aliphatic heterocycles. The minimum absolute atomic E-state index is 0.189. The van der Waals surface area contributed by atoms with Crippen LogP contribution in [0.5, 0.6) is 0 Å². The molecule has 0 atom stereocenters. The Bertz CT molecular complexity index is 925. The van der Waals surface area contributed by atoms with Crippen LogP contribution in [0.4, 0.5) is 5.00 Å². The van der Waals surface area contributed by atoms with E-state index in [-0.39, 0.29) is 5.91 Å². The average Bonchev–Trinajstić information content (AvgIpc) is 3.32. The van der Waals surface area contributed by atoms with Crippen molar-refractivity contribution in [3.05, 3.63) is 44.7 Å². The van der Waals surface area contributed by atoms with Gasteiger partial charge in [-0.1, -0.05) is 11.2 Å². The molecule has 8 heteroatoms. The Labute approximate surface area is 152 Å². The smallest absolute Gasteiger partial charge is 0.261 e. The maximum absolute atomic E-state index is 12.3. The molecular weight excluding hydrogens is 358 g/mol. The van der Waals surface area contributed by atoms with Crippen molar-refractivity contribution in [1.29, 1.82) is 0 Å². The number of aromatic nitrogens is 2. The van der Waals surface area contributed by atoms with E-state index >= 15 is 0 Å². The molecule has 6 nitrogen and oxygen atoms in total. The van der Waals surface area contributed by atoms with Gasteiger partial charge in [0.25, 0.3) is 5.89 Å². The van der Waals surface area contributed by atoms with Crippen LogP contribution >= 0.6 is 22.7 Å². The molecular formula is C17H15N3O3S2. The molecule has 0 aromatic carbocycles. The van der Waals surface area contributed by atoms with Crippen molar-refractivity contribution in [2.24, 2.45) is 0 Å². The van der Waals surface area contributed by atoms with Crippen molar-refractivity contribution in [2.75, 3.05) is 11.9 Å². The predicted octanol–water partition coefficient (Wildman–Crippen LogP) is 3.89. The second-order valence-corrected chi connectivity index (χ2v) is 7.58. The van der Waals surface area contributed by atoms with Gasteiger partial charge in [-0.05, 0) is 36.4 Å². The Morgan fingerprint density at radius 2 is 2.36 bits per heavy atom. The molecule has 25 heavy (non-hydrogen) atoms. The summed E-state index contributed by atoms with van der Waals surface area (Å²) >= 11 is 3.08. The number of thiophene rings is 2. The summed E-state index contributed by atoms with van der Waals surface area (Å²) in [6, 6.07) is 3.91. The molecule has 0 aliphatic carbocycles. The molecule has 1 N–H and O–H groups in total. The first-order valence-corrected chi connectivity index (χ1v) is 9.46. The van der Waals surface area contributed by atoms with Gasteiger partial charge in [0, 0.05) is 15.8 Å². The lowest BCUT2D eigenvalue weighted by Crippen LogP contribution is -2.09. The summed E-state index contributed by atoms with van der Waals surface area (Å²) in [5.41, 5.74) is 1.94. The van der Waals surface area contributed by atoms with E-state index in [9.17, 15) is 4.79 Å². The summed E-state index contributed by atoms with van der Waals surface area (Å²) in [5, 5.41) is 9.52. The molecule has 1 aliphatic rings. The van der Waals surface area contributed by atoms with E-state index in [0.29, 0.717) is 24.9 Å². The molecule has 0 saturated carbocycles. The monoisotopic (exact) mass is 373 g/mol. The van der Waals surface area contributed by atoms with E-state index in [1.807, 2.05) is 17.5 Å². The fourth-order valence-electron chi connectivity index (χ4n) is 2.64. The van der Waals surface area contributed by atoms with Crippen LogP contribution in [0.15, 0.2) is 28.1 Å². The van der Waals surface area contributed by atoms with Gasteiger partial charge in [-0.25, -0.2) is 0 Å². The van der Waals surface area contributed by atoms with Gasteiger partial charge in [-0.2, -0.15) is 4.98 Å². The van der Waals surface area contributed by atoms with Crippen molar-refractivity contribution >= 4 is 39.7 Å². The van der Waals surface area contributed by atoms with Gasteiger partial charge in [0.05, 0.1) is 18.8 Å². The van der Waals surface area contributed by atoms with Crippen LogP contribution in [-0.2, 0) is 22.6 Å². The number of carbonyl (C=O) groups is 1. The lowest BCUT2D eigenvalue weighted by atomic mass is 10.1. The maximum Gasteiger partial charge on any atom is 0.261 e. The molecule has 0 spiro atoms. The van der Waals surface area contributed by atoms with E-state index in [4.69, 9.17) is 9.26 Å². The van der Waals surface area contributed by atoms with Crippen LogP contribution in [0.25, 0.3) is 17.5 Å². The number of amides is 1. The highest BCUT2D eigenvalue weighted by Gasteiger charge is 2.26. The number of hydrogen-bond donors (Lipinski definition) is 1. The number of nitrogens with zero attached hydrogens (tertiary/aromatic N) is 2. The fraction of sp³-hybridized carbons (Fsp3) is 0.235. The molecule has 0 unspecified atom stereocenters. The second kappa shape index (κ2) is 6.91. The van der Waals surface area contributed by atoms with Crippen LogP contribution in [0.3, 0.4) is 0 Å². The second-order valence-electron chi connectivity index (χ2n) is 5.50. The molecule has 0 saturated heterocycles. The van der Waals surface area contributed by atoms with Gasteiger partial charge >= 0.3 is 0 Å². The first-order valence-electron chi connectivity index (χ1n) is 7.76. The standard InChI is InChI=1S/C17H15N3O3S2/c1-10-18-16(23-20-10)15-12-6-7-22-9-13(12)25-17(15)19-14(21)5-4-11-3-2-8-24-11/h2-5,8H,6-7,9H2,1H3,(H,19,21). The zero-order chi connectivity index (χ0) is 17.2. The highest BCUT2D eigenvalue weighted by molar-refractivity contribution is 7.17. The van der Waals surface area contributed by atoms with Crippen LogP contribution in [0.2, 0.25) is 0 Å². The van der Waals surface area contributed by atoms with Gasteiger partial charge in [-0.15, -0.1) is 22.7 Å². The van der Waals surface area contributed by atoms with Crippen molar-refractivity contribution in [1.82, 2.24) is 10.1 Å². The first kappa shape index (κ1) is 16.2. The molecule has 4 rings (SSSR count). The quantitative estimate of drug-likeness (QED) is 0.702. The lowest BCUT2D eigenvalue weighted by Gasteiger charge is -2.12. The van der Waals surface area contributed by atoms with Crippen LogP contribution in [0.1, 0.15) is 21.1 Å². The Balaban J connectivity index is 1.64. The molecule has 3 aromatic rings. The number of rotatable bonds is 4. The summed E-state index contributed by atoms with van der Waals surface area (Å²) in [6.07, 6.45) is 4.10. The highest BCUT2D eigenvalue weighted by atomic mass is 32.1. The maximum atomic E-state index is 12.3. The van der Waals surface area contributed by atoms with Crippen molar-refractivity contribution < 1.29 is 14.1 Å². The molecule has 0 radical (unpaired) electrons. The average molecular weight is 373 g/mol. The minimum Gasteiger partial charge on any atom is -0.376 e. The number of carbonyl (C=O) groups excluding carboxylic acids is 1. The van der Waals surface area contributed by atoms with Gasteiger partial charge in [0.1, 0.15) is 5.00 Å². The number of hydrogen-bond acceptors (Lipinski definition) is 7. The zero-order valence-corrected chi connectivity index (χ0v) is 15.1. The third-order valence-corrected chi connectivity index (χ3v) is 5.70. The SMILES string of the molecule is Cc1noc(-c2c(NC(=O)C=Cc3cccs3)sc3c2CCOC3)n1. The number of anilines is 1. The summed E-state index contributed by atoms with van der Waals surface area (Å²) in [4.78, 5) is 18.8. The van der Waals surface area contributed by atoms with Crippen LogP contribution < -0.4 is 5.32 Å². The van der Waals surface area contributed by atoms with Gasteiger partial charge < -0.3 is 14.6 Å². The normalized spacial score (nSPS) is 14.0. The largest absolute Gasteiger partial charge is 0.376 e. The van der Waals surface area contributed by atoms with E-state index in [1.54, 1.807) is 24.3 Å². The summed E-state index contributed by atoms with van der Waals surface area (Å²) < 4.78 is 10.9. The Morgan fingerprint density at radius 3 is 3.12 bits per heavy atom. The zero-order valence-electron chi connectivity index (χ0n) is 13.4. The number of ether oxygens (including phenoxy) is 1. The van der Waals surface area contributed by atoms with Crippen LogP contribution in [-0.4, -0.2) is 22.7 Å². The summed E-state index contributed by atoms with van der Waals surface area (Å²) in [5.74, 6) is 0.816. The molecule has 0 bridgehead atoms. The number of nitrogens with one attached hydrogen (secondary N) is 1. The van der Waals surface area contributed by atoms with E-state index in [2.05, 4.69) is 15.5 Å². The Morgan fingerprint density at radius 1 is 1.44 bits per heavy atom. The molecule has 3 aromatic heterocycles. The number of aryl methyl sites for hydroxylation is 1. The summed E-state index contributed by atoms with van der Waals surface area (Å²) in [7, 11) is 0. The van der Waals surface area contributed by atoms with Crippen molar-refractivity contribution in [3.8, 4) is 11.5 Å². The third-order valence-electron chi connectivity index (χ3n) is 3.74. The molecule has 0 fully saturated rings. The Hall–Kier alpha value is -2.29. The van der Waals surface area contributed by atoms with E-state index < -0.39 is 0 Å². The van der Waals surface area contributed by atoms with Crippen molar-refractivity contribution in [2.45, 2.75) is 20.0 Å². The van der Waals surface area contributed by atoms with Gasteiger partial charge in [0.2, 0.25) is 5.91 Å². The van der Waals surface area contributed by atoms with Gasteiger partial charge in [0.15, 0.2) is 5.82 Å². The van der Waals surface area contributed by atoms with Gasteiger partial charge in [-0.3, -0.25) is 4.79 Å². The first-order chi connectivity index (χ1) is 12.2. The van der Waals surface area contributed by atoms with Crippen LogP contribution in [0, 0.1) is 6.92 Å². The minimum atomic E-state index is -0.189. The topological polar surface area (TPSA) is 77.2 Å². The lowest BCUT2D eigenvalue weighted by molar-refractivity contribution is -0.111. The highest BCUT2D eigenvalue weighted by Crippen LogP contribution is 2.42. The van der Waals surface area contributed by atoms with E-state index in [1.165, 1.54) is 17.4 Å². The predicted molar refractivity (Wildman–Crippen MR) is 97.7 cm³/mol. The fourth-order valence-corrected chi connectivity index (χ4v) is 4.44. The molecule has 4 heterocycles. The van der Waals surface area contributed by atoms with Crippen molar-refractivity contribution in [3.63, 3.8) is 0 Å². The van der Waals surface area contributed by atoms with E-state index in [0.717, 1.165) is 32.3 Å². The molecule has 1 amide bonds. The third kappa shape index (κ3) is 3.41. The Kier molecular flexibility index (Phi) is 4.48.